The molecule has 2 saturated heterocycles. The molecule has 0 unspecified atom stereocenters. The Labute approximate surface area is 140 Å². The molecule has 1 amide bonds. The fourth-order valence-corrected chi connectivity index (χ4v) is 4.65. The summed E-state index contributed by atoms with van der Waals surface area (Å²) in [5.41, 5.74) is 0.115. The highest BCUT2D eigenvalue weighted by Gasteiger charge is 2.42. The monoisotopic (exact) mass is 324 g/mol. The second-order valence-electron chi connectivity index (χ2n) is 7.49. The molecule has 0 aromatic carbocycles. The maximum absolute atomic E-state index is 12.9. The Bertz CT molecular complexity index is 382. The minimum atomic E-state index is 0.115. The van der Waals surface area contributed by atoms with Gasteiger partial charge in [0, 0.05) is 51.9 Å². The number of likely N-dealkylation sites (tertiary alicyclic amines) is 1. The standard InChI is InChI=1S/C18H32N2O3/c1-22-15-16-4-8-19(9-5-16)17(21)14-18(6-2-3-7-18)20-10-12-23-13-11-20/h16H,2-15H2,1H3. The summed E-state index contributed by atoms with van der Waals surface area (Å²) in [7, 11) is 1.77. The van der Waals surface area contributed by atoms with E-state index in [0.29, 0.717) is 18.2 Å². The molecule has 23 heavy (non-hydrogen) atoms. The predicted molar refractivity (Wildman–Crippen MR) is 89.4 cm³/mol. The zero-order valence-corrected chi connectivity index (χ0v) is 14.6. The summed E-state index contributed by atoms with van der Waals surface area (Å²) in [4.78, 5) is 17.6. The van der Waals surface area contributed by atoms with E-state index in [1.165, 1.54) is 25.7 Å². The first-order valence-electron chi connectivity index (χ1n) is 9.33. The molecule has 0 radical (unpaired) electrons. The van der Waals surface area contributed by atoms with Gasteiger partial charge in [-0.05, 0) is 31.6 Å². The first-order valence-corrected chi connectivity index (χ1v) is 9.33. The molecule has 5 heteroatoms. The molecule has 132 valence electrons. The lowest BCUT2D eigenvalue weighted by Crippen LogP contribution is -2.54. The summed E-state index contributed by atoms with van der Waals surface area (Å²) in [6, 6.07) is 0. The fourth-order valence-electron chi connectivity index (χ4n) is 4.65. The van der Waals surface area contributed by atoms with Gasteiger partial charge < -0.3 is 14.4 Å². The molecular weight excluding hydrogens is 292 g/mol. The third kappa shape index (κ3) is 4.06. The van der Waals surface area contributed by atoms with Crippen molar-refractivity contribution < 1.29 is 14.3 Å². The van der Waals surface area contributed by atoms with Crippen molar-refractivity contribution in [1.82, 2.24) is 9.80 Å². The summed E-state index contributed by atoms with van der Waals surface area (Å²) in [6.07, 6.45) is 7.77. The van der Waals surface area contributed by atoms with Gasteiger partial charge in [0.05, 0.1) is 13.2 Å². The van der Waals surface area contributed by atoms with Crippen molar-refractivity contribution in [3.8, 4) is 0 Å². The van der Waals surface area contributed by atoms with E-state index < -0.39 is 0 Å². The van der Waals surface area contributed by atoms with Crippen LogP contribution in [0.1, 0.15) is 44.9 Å². The number of nitrogens with zero attached hydrogens (tertiary/aromatic N) is 2. The summed E-state index contributed by atoms with van der Waals surface area (Å²) >= 11 is 0. The maximum atomic E-state index is 12.9. The molecule has 0 atom stereocenters. The highest BCUT2D eigenvalue weighted by molar-refractivity contribution is 5.77. The lowest BCUT2D eigenvalue weighted by molar-refractivity contribution is -0.137. The van der Waals surface area contributed by atoms with E-state index in [9.17, 15) is 4.79 Å². The zero-order valence-electron chi connectivity index (χ0n) is 14.6. The SMILES string of the molecule is COCC1CCN(C(=O)CC2(N3CCOCC3)CCCC2)CC1. The van der Waals surface area contributed by atoms with Gasteiger partial charge in [-0.1, -0.05) is 12.8 Å². The van der Waals surface area contributed by atoms with Crippen LogP contribution in [0.4, 0.5) is 0 Å². The second kappa shape index (κ2) is 7.95. The van der Waals surface area contributed by atoms with Gasteiger partial charge in [-0.3, -0.25) is 9.69 Å². The number of carbonyl (C=O) groups excluding carboxylic acids is 1. The third-order valence-corrected chi connectivity index (χ3v) is 6.07. The van der Waals surface area contributed by atoms with Gasteiger partial charge in [-0.25, -0.2) is 0 Å². The van der Waals surface area contributed by atoms with Gasteiger partial charge in [-0.15, -0.1) is 0 Å². The molecule has 3 fully saturated rings. The molecule has 0 N–H and O–H groups in total. The lowest BCUT2D eigenvalue weighted by Gasteiger charge is -2.44. The fraction of sp³-hybridized carbons (Fsp3) is 0.944. The number of piperidine rings is 1. The van der Waals surface area contributed by atoms with E-state index >= 15 is 0 Å². The zero-order chi connectivity index (χ0) is 16.1. The summed E-state index contributed by atoms with van der Waals surface area (Å²) < 4.78 is 10.8. The van der Waals surface area contributed by atoms with Gasteiger partial charge in [0.15, 0.2) is 0 Å². The van der Waals surface area contributed by atoms with Crippen LogP contribution in [0.2, 0.25) is 0 Å². The minimum Gasteiger partial charge on any atom is -0.384 e. The van der Waals surface area contributed by atoms with Crippen LogP contribution in [0.15, 0.2) is 0 Å². The highest BCUT2D eigenvalue weighted by Crippen LogP contribution is 2.39. The quantitative estimate of drug-likeness (QED) is 0.775. The molecule has 2 aliphatic heterocycles. The van der Waals surface area contributed by atoms with Crippen molar-refractivity contribution in [1.29, 1.82) is 0 Å². The molecule has 5 nitrogen and oxygen atoms in total. The summed E-state index contributed by atoms with van der Waals surface area (Å²) in [5.74, 6) is 0.998. The van der Waals surface area contributed by atoms with Gasteiger partial charge >= 0.3 is 0 Å². The molecule has 0 aromatic heterocycles. The van der Waals surface area contributed by atoms with Crippen molar-refractivity contribution in [3.05, 3.63) is 0 Å². The van der Waals surface area contributed by atoms with E-state index in [-0.39, 0.29) is 5.54 Å². The minimum absolute atomic E-state index is 0.115. The molecule has 2 heterocycles. The Morgan fingerprint density at radius 1 is 1.13 bits per heavy atom. The van der Waals surface area contributed by atoms with Crippen LogP contribution in [0.25, 0.3) is 0 Å². The van der Waals surface area contributed by atoms with Crippen LogP contribution in [0.3, 0.4) is 0 Å². The van der Waals surface area contributed by atoms with E-state index in [2.05, 4.69) is 9.80 Å². The summed E-state index contributed by atoms with van der Waals surface area (Å²) in [6.45, 7) is 6.26. The van der Waals surface area contributed by atoms with Crippen LogP contribution in [-0.4, -0.2) is 74.4 Å². The van der Waals surface area contributed by atoms with Crippen molar-refractivity contribution in [3.63, 3.8) is 0 Å². The molecule has 0 aromatic rings. The summed E-state index contributed by atoms with van der Waals surface area (Å²) in [5, 5.41) is 0. The normalized spacial score (nSPS) is 26.6. The lowest BCUT2D eigenvalue weighted by atomic mass is 9.88. The third-order valence-electron chi connectivity index (χ3n) is 6.07. The van der Waals surface area contributed by atoms with Crippen LogP contribution in [0.5, 0.6) is 0 Å². The first kappa shape index (κ1) is 17.2. The van der Waals surface area contributed by atoms with E-state index in [1.54, 1.807) is 7.11 Å². The van der Waals surface area contributed by atoms with Crippen LogP contribution in [-0.2, 0) is 14.3 Å². The topological polar surface area (TPSA) is 42.0 Å². The molecule has 0 bridgehead atoms. The molecular formula is C18H32N2O3. The Morgan fingerprint density at radius 3 is 2.39 bits per heavy atom. The Morgan fingerprint density at radius 2 is 1.78 bits per heavy atom. The van der Waals surface area contributed by atoms with Crippen molar-refractivity contribution in [2.24, 2.45) is 5.92 Å². The highest BCUT2D eigenvalue weighted by atomic mass is 16.5. The van der Waals surface area contributed by atoms with Gasteiger partial charge in [-0.2, -0.15) is 0 Å². The van der Waals surface area contributed by atoms with E-state index in [1.807, 2.05) is 0 Å². The van der Waals surface area contributed by atoms with Gasteiger partial charge in [0.1, 0.15) is 0 Å². The number of morpholine rings is 1. The molecule has 3 aliphatic rings. The second-order valence-corrected chi connectivity index (χ2v) is 7.49. The van der Waals surface area contributed by atoms with E-state index in [4.69, 9.17) is 9.47 Å². The smallest absolute Gasteiger partial charge is 0.224 e. The Balaban J connectivity index is 1.56. The number of methoxy groups -OCH3 is 1. The van der Waals surface area contributed by atoms with Crippen LogP contribution < -0.4 is 0 Å². The van der Waals surface area contributed by atoms with Crippen molar-refractivity contribution in [2.45, 2.75) is 50.5 Å². The van der Waals surface area contributed by atoms with Gasteiger partial charge in [0.2, 0.25) is 5.91 Å². The molecule has 0 spiro atoms. The van der Waals surface area contributed by atoms with Crippen molar-refractivity contribution >= 4 is 5.91 Å². The maximum Gasteiger partial charge on any atom is 0.224 e. The first-order chi connectivity index (χ1) is 11.2. The number of ether oxygens (including phenoxy) is 2. The Hall–Kier alpha value is -0.650. The number of hydrogen-bond acceptors (Lipinski definition) is 4. The van der Waals surface area contributed by atoms with Crippen LogP contribution >= 0.6 is 0 Å². The molecule has 1 saturated carbocycles. The largest absolute Gasteiger partial charge is 0.384 e. The molecule has 1 aliphatic carbocycles. The average Bonchev–Trinajstić information content (AvgIpc) is 3.06. The van der Waals surface area contributed by atoms with Crippen molar-refractivity contribution in [2.75, 3.05) is 53.1 Å². The number of carbonyl (C=O) groups is 1. The van der Waals surface area contributed by atoms with Crippen LogP contribution in [0, 0.1) is 5.92 Å². The van der Waals surface area contributed by atoms with Gasteiger partial charge in [0.25, 0.3) is 0 Å². The Kier molecular flexibility index (Phi) is 5.94. The average molecular weight is 324 g/mol. The number of hydrogen-bond donors (Lipinski definition) is 0. The number of amides is 1. The predicted octanol–water partition coefficient (Wildman–Crippen LogP) is 1.91. The molecule has 3 rings (SSSR count). The van der Waals surface area contributed by atoms with E-state index in [0.717, 1.165) is 58.8 Å². The number of rotatable bonds is 5.